The molecule has 0 aliphatic heterocycles. The maximum absolute atomic E-state index is 5.95. The van der Waals surface area contributed by atoms with E-state index in [0.29, 0.717) is 10.0 Å². The molecular weight excluding hydrogens is 229 g/mol. The lowest BCUT2D eigenvalue weighted by Gasteiger charge is -2.16. The smallest absolute Gasteiger partial charge is 0.0424 e. The third-order valence-corrected chi connectivity index (χ3v) is 2.73. The van der Waals surface area contributed by atoms with Crippen LogP contribution in [0.1, 0.15) is 24.4 Å². The monoisotopic (exact) mass is 243 g/mol. The predicted molar refractivity (Wildman–Crippen MR) is 67.7 cm³/mol. The highest BCUT2D eigenvalue weighted by Crippen LogP contribution is 2.25. The number of allylic oxidation sites excluding steroid dienone is 1. The summed E-state index contributed by atoms with van der Waals surface area (Å²) in [5.41, 5.74) is 1.12. The summed E-state index contributed by atoms with van der Waals surface area (Å²) in [4.78, 5) is 0. The van der Waals surface area contributed by atoms with Gasteiger partial charge in [-0.25, -0.2) is 0 Å². The van der Waals surface area contributed by atoms with Gasteiger partial charge in [-0.2, -0.15) is 0 Å². The maximum atomic E-state index is 5.95. The van der Waals surface area contributed by atoms with Gasteiger partial charge in [-0.15, -0.1) is 6.58 Å². The Hall–Kier alpha value is -0.500. The van der Waals surface area contributed by atoms with Crippen molar-refractivity contribution in [3.8, 4) is 0 Å². The number of hydrogen-bond acceptors (Lipinski definition) is 1. The van der Waals surface area contributed by atoms with Crippen molar-refractivity contribution in [1.29, 1.82) is 0 Å². The first-order valence-electron chi connectivity index (χ1n) is 4.91. The fourth-order valence-electron chi connectivity index (χ4n) is 1.54. The molecule has 1 aromatic carbocycles. The molecular formula is C12H15Cl2N. The lowest BCUT2D eigenvalue weighted by atomic mass is 10.0. The van der Waals surface area contributed by atoms with Crippen LogP contribution in [0.15, 0.2) is 30.9 Å². The Morgan fingerprint density at radius 1 is 1.33 bits per heavy atom. The molecule has 0 aliphatic carbocycles. The lowest BCUT2D eigenvalue weighted by Crippen LogP contribution is -2.16. The first-order valence-corrected chi connectivity index (χ1v) is 5.67. The third kappa shape index (κ3) is 3.86. The SMILES string of the molecule is C=CCCC(NC)c1cc(Cl)cc(Cl)c1. The largest absolute Gasteiger partial charge is 0.313 e. The zero-order valence-electron chi connectivity index (χ0n) is 8.76. The van der Waals surface area contributed by atoms with E-state index in [9.17, 15) is 0 Å². The molecule has 1 rings (SSSR count). The lowest BCUT2D eigenvalue weighted by molar-refractivity contribution is 0.555. The second-order valence-corrected chi connectivity index (χ2v) is 4.28. The van der Waals surface area contributed by atoms with E-state index in [0.717, 1.165) is 18.4 Å². The molecule has 0 amide bonds. The van der Waals surface area contributed by atoms with Crippen LogP contribution >= 0.6 is 23.2 Å². The fourth-order valence-corrected chi connectivity index (χ4v) is 2.08. The van der Waals surface area contributed by atoms with E-state index in [1.54, 1.807) is 6.07 Å². The Bertz CT molecular complexity index is 316. The quantitative estimate of drug-likeness (QED) is 0.764. The summed E-state index contributed by atoms with van der Waals surface area (Å²) in [6.45, 7) is 3.72. The molecule has 82 valence electrons. The summed E-state index contributed by atoms with van der Waals surface area (Å²) in [6, 6.07) is 5.90. The van der Waals surface area contributed by atoms with Crippen molar-refractivity contribution in [2.75, 3.05) is 7.05 Å². The summed E-state index contributed by atoms with van der Waals surface area (Å²) in [7, 11) is 1.93. The molecule has 0 radical (unpaired) electrons. The molecule has 0 aliphatic rings. The van der Waals surface area contributed by atoms with E-state index >= 15 is 0 Å². The molecule has 1 N–H and O–H groups in total. The van der Waals surface area contributed by atoms with Gasteiger partial charge in [0.2, 0.25) is 0 Å². The molecule has 0 spiro atoms. The maximum Gasteiger partial charge on any atom is 0.0424 e. The van der Waals surface area contributed by atoms with Crippen molar-refractivity contribution in [2.45, 2.75) is 18.9 Å². The van der Waals surface area contributed by atoms with Crippen molar-refractivity contribution in [1.82, 2.24) is 5.32 Å². The normalized spacial score (nSPS) is 12.5. The van der Waals surface area contributed by atoms with Gasteiger partial charge in [-0.1, -0.05) is 29.3 Å². The fraction of sp³-hybridized carbons (Fsp3) is 0.333. The molecule has 1 unspecified atom stereocenters. The van der Waals surface area contributed by atoms with Gasteiger partial charge in [0.15, 0.2) is 0 Å². The highest BCUT2D eigenvalue weighted by Gasteiger charge is 2.09. The van der Waals surface area contributed by atoms with Crippen LogP contribution < -0.4 is 5.32 Å². The minimum absolute atomic E-state index is 0.277. The van der Waals surface area contributed by atoms with E-state index in [1.165, 1.54) is 0 Å². The van der Waals surface area contributed by atoms with Crippen molar-refractivity contribution < 1.29 is 0 Å². The summed E-state index contributed by atoms with van der Waals surface area (Å²) < 4.78 is 0. The Labute approximate surface area is 101 Å². The van der Waals surface area contributed by atoms with Crippen LogP contribution in [0, 0.1) is 0 Å². The van der Waals surface area contributed by atoms with E-state index in [-0.39, 0.29) is 6.04 Å². The molecule has 0 heterocycles. The second-order valence-electron chi connectivity index (χ2n) is 3.41. The molecule has 0 aromatic heterocycles. The van der Waals surface area contributed by atoms with Gasteiger partial charge in [-0.3, -0.25) is 0 Å². The first-order chi connectivity index (χ1) is 7.17. The molecule has 0 fully saturated rings. The number of halogens is 2. The summed E-state index contributed by atoms with van der Waals surface area (Å²) in [6.07, 6.45) is 3.88. The topological polar surface area (TPSA) is 12.0 Å². The van der Waals surface area contributed by atoms with Gasteiger partial charge < -0.3 is 5.32 Å². The van der Waals surface area contributed by atoms with Crippen LogP contribution in [-0.2, 0) is 0 Å². The Kier molecular flexibility index (Phi) is 5.16. The summed E-state index contributed by atoms with van der Waals surface area (Å²) >= 11 is 11.9. The van der Waals surface area contributed by atoms with Crippen molar-refractivity contribution in [2.24, 2.45) is 0 Å². The zero-order valence-corrected chi connectivity index (χ0v) is 10.3. The second kappa shape index (κ2) is 6.16. The molecule has 0 saturated heterocycles. The van der Waals surface area contributed by atoms with Crippen LogP contribution in [0.25, 0.3) is 0 Å². The van der Waals surface area contributed by atoms with Crippen LogP contribution in [0.3, 0.4) is 0 Å². The number of nitrogens with one attached hydrogen (secondary N) is 1. The van der Waals surface area contributed by atoms with Crippen molar-refractivity contribution >= 4 is 23.2 Å². The van der Waals surface area contributed by atoms with Gasteiger partial charge in [0.25, 0.3) is 0 Å². The molecule has 1 nitrogen and oxygen atoms in total. The molecule has 0 bridgehead atoms. The number of rotatable bonds is 5. The minimum Gasteiger partial charge on any atom is -0.313 e. The zero-order chi connectivity index (χ0) is 11.3. The van der Waals surface area contributed by atoms with E-state index < -0.39 is 0 Å². The van der Waals surface area contributed by atoms with E-state index in [4.69, 9.17) is 23.2 Å². The van der Waals surface area contributed by atoms with Crippen LogP contribution in [0.2, 0.25) is 10.0 Å². The van der Waals surface area contributed by atoms with E-state index in [2.05, 4.69) is 11.9 Å². The molecule has 3 heteroatoms. The predicted octanol–water partition coefficient (Wildman–Crippen LogP) is 4.22. The van der Waals surface area contributed by atoms with Crippen molar-refractivity contribution in [3.05, 3.63) is 46.5 Å². The third-order valence-electron chi connectivity index (χ3n) is 2.30. The minimum atomic E-state index is 0.277. The molecule has 1 aromatic rings. The average Bonchev–Trinajstić information content (AvgIpc) is 2.17. The highest BCUT2D eigenvalue weighted by atomic mass is 35.5. The van der Waals surface area contributed by atoms with Gasteiger partial charge in [-0.05, 0) is 43.7 Å². The molecule has 1 atom stereocenters. The molecule has 0 saturated carbocycles. The Morgan fingerprint density at radius 3 is 2.40 bits per heavy atom. The first kappa shape index (κ1) is 12.6. The standard InChI is InChI=1S/C12H15Cl2N/c1-3-4-5-12(15-2)9-6-10(13)8-11(14)7-9/h3,6-8,12,15H,1,4-5H2,2H3. The van der Waals surface area contributed by atoms with Gasteiger partial charge >= 0.3 is 0 Å². The van der Waals surface area contributed by atoms with Gasteiger partial charge in [0.1, 0.15) is 0 Å². The van der Waals surface area contributed by atoms with Crippen molar-refractivity contribution in [3.63, 3.8) is 0 Å². The number of benzene rings is 1. The highest BCUT2D eigenvalue weighted by molar-refractivity contribution is 6.34. The molecule has 15 heavy (non-hydrogen) atoms. The van der Waals surface area contributed by atoms with Crippen LogP contribution in [-0.4, -0.2) is 7.05 Å². The number of hydrogen-bond donors (Lipinski definition) is 1. The summed E-state index contributed by atoms with van der Waals surface area (Å²) in [5.74, 6) is 0. The Balaban J connectivity index is 2.85. The van der Waals surface area contributed by atoms with Gasteiger partial charge in [0, 0.05) is 16.1 Å². The van der Waals surface area contributed by atoms with Gasteiger partial charge in [0.05, 0.1) is 0 Å². The van der Waals surface area contributed by atoms with E-state index in [1.807, 2.05) is 25.3 Å². The van der Waals surface area contributed by atoms with Crippen LogP contribution in [0.5, 0.6) is 0 Å². The Morgan fingerprint density at radius 2 is 1.93 bits per heavy atom. The average molecular weight is 244 g/mol. The summed E-state index contributed by atoms with van der Waals surface area (Å²) in [5, 5.41) is 4.60. The van der Waals surface area contributed by atoms with Crippen LogP contribution in [0.4, 0.5) is 0 Å².